The molecule has 0 atom stereocenters. The van der Waals surface area contributed by atoms with E-state index >= 15 is 0 Å². The predicted octanol–water partition coefficient (Wildman–Crippen LogP) is 2.24. The average molecular weight is 256 g/mol. The van der Waals surface area contributed by atoms with Crippen molar-refractivity contribution in [3.8, 4) is 0 Å². The first-order valence-corrected chi connectivity index (χ1v) is 4.65. The monoisotopic (exact) mass is 255 g/mol. The molecule has 0 aliphatic heterocycles. The molecule has 0 unspecified atom stereocenters. The summed E-state index contributed by atoms with van der Waals surface area (Å²) in [6.07, 6.45) is 0. The number of aryl methyl sites for hydroxylation is 1. The summed E-state index contributed by atoms with van der Waals surface area (Å²) in [5.41, 5.74) is 0.939. The summed E-state index contributed by atoms with van der Waals surface area (Å²) in [4.78, 5) is 10.1. The molecule has 6 heteroatoms. The van der Waals surface area contributed by atoms with Crippen LogP contribution in [0.4, 0.5) is 5.69 Å². The Morgan fingerprint density at radius 2 is 2.29 bits per heavy atom. The van der Waals surface area contributed by atoms with Crippen molar-refractivity contribution in [1.29, 1.82) is 0 Å². The zero-order chi connectivity index (χ0) is 10.3. The van der Waals surface area contributed by atoms with Gasteiger partial charge in [-0.1, -0.05) is 0 Å². The summed E-state index contributed by atoms with van der Waals surface area (Å²) in [5, 5.41) is 15.4. The molecule has 0 radical (unpaired) electrons. The van der Waals surface area contributed by atoms with Crippen LogP contribution < -0.4 is 0 Å². The SMILES string of the molecule is Cn1nc(Br)c2cc([N+](=O)[O-])ccc21. The molecule has 0 bridgehead atoms. The second kappa shape index (κ2) is 3.06. The molecule has 2 aromatic rings. The molecule has 0 N–H and O–H groups in total. The van der Waals surface area contributed by atoms with E-state index in [1.807, 2.05) is 0 Å². The normalized spacial score (nSPS) is 10.7. The fourth-order valence-electron chi connectivity index (χ4n) is 1.32. The number of nitrogens with zero attached hydrogens (tertiary/aromatic N) is 3. The maximum absolute atomic E-state index is 10.5. The molecule has 72 valence electrons. The Hall–Kier alpha value is -1.43. The van der Waals surface area contributed by atoms with Crippen LogP contribution in [0.15, 0.2) is 22.8 Å². The van der Waals surface area contributed by atoms with Crippen molar-refractivity contribution >= 4 is 32.5 Å². The predicted molar refractivity (Wildman–Crippen MR) is 55.1 cm³/mol. The van der Waals surface area contributed by atoms with Crippen LogP contribution in [0.25, 0.3) is 10.9 Å². The first kappa shape index (κ1) is 9.14. The minimum Gasteiger partial charge on any atom is -0.267 e. The van der Waals surface area contributed by atoms with E-state index in [1.54, 1.807) is 17.8 Å². The van der Waals surface area contributed by atoms with Gasteiger partial charge in [0.1, 0.15) is 4.60 Å². The molecule has 1 aromatic carbocycles. The zero-order valence-electron chi connectivity index (χ0n) is 7.27. The Kier molecular flexibility index (Phi) is 1.99. The van der Waals surface area contributed by atoms with Gasteiger partial charge in [-0.05, 0) is 22.0 Å². The molecular formula is C8H6BrN3O2. The topological polar surface area (TPSA) is 61.0 Å². The number of hydrogen-bond donors (Lipinski definition) is 0. The lowest BCUT2D eigenvalue weighted by atomic mass is 10.2. The molecule has 1 heterocycles. The van der Waals surface area contributed by atoms with Crippen LogP contribution in [-0.4, -0.2) is 14.7 Å². The first-order chi connectivity index (χ1) is 6.59. The second-order valence-electron chi connectivity index (χ2n) is 2.87. The number of fused-ring (bicyclic) bond motifs is 1. The van der Waals surface area contributed by atoms with Gasteiger partial charge in [0.25, 0.3) is 5.69 Å². The van der Waals surface area contributed by atoms with Gasteiger partial charge >= 0.3 is 0 Å². The van der Waals surface area contributed by atoms with E-state index in [9.17, 15) is 10.1 Å². The van der Waals surface area contributed by atoms with E-state index in [0.29, 0.717) is 4.60 Å². The molecule has 0 aliphatic rings. The number of rotatable bonds is 1. The highest BCUT2D eigenvalue weighted by Crippen LogP contribution is 2.26. The molecule has 14 heavy (non-hydrogen) atoms. The van der Waals surface area contributed by atoms with Crippen LogP contribution in [-0.2, 0) is 7.05 Å². The Labute approximate surface area is 87.6 Å². The van der Waals surface area contributed by atoms with Crippen molar-refractivity contribution < 1.29 is 4.92 Å². The Bertz CT molecular complexity index is 521. The zero-order valence-corrected chi connectivity index (χ0v) is 8.85. The summed E-state index contributed by atoms with van der Waals surface area (Å²) in [7, 11) is 1.79. The van der Waals surface area contributed by atoms with Gasteiger partial charge in [0.15, 0.2) is 0 Å². The molecule has 0 saturated heterocycles. The molecule has 5 nitrogen and oxygen atoms in total. The van der Waals surface area contributed by atoms with Gasteiger partial charge < -0.3 is 0 Å². The van der Waals surface area contributed by atoms with E-state index in [0.717, 1.165) is 10.9 Å². The second-order valence-corrected chi connectivity index (χ2v) is 3.62. The lowest BCUT2D eigenvalue weighted by Crippen LogP contribution is -1.90. The minimum atomic E-state index is -0.418. The Morgan fingerprint density at radius 1 is 1.57 bits per heavy atom. The Morgan fingerprint density at radius 3 is 2.93 bits per heavy atom. The molecule has 2 rings (SSSR count). The van der Waals surface area contributed by atoms with Crippen LogP contribution in [0.5, 0.6) is 0 Å². The van der Waals surface area contributed by atoms with E-state index < -0.39 is 4.92 Å². The highest BCUT2D eigenvalue weighted by atomic mass is 79.9. The lowest BCUT2D eigenvalue weighted by molar-refractivity contribution is -0.384. The van der Waals surface area contributed by atoms with E-state index in [-0.39, 0.29) is 5.69 Å². The quantitative estimate of drug-likeness (QED) is 0.580. The summed E-state index contributed by atoms with van der Waals surface area (Å²) < 4.78 is 2.29. The van der Waals surface area contributed by atoms with Gasteiger partial charge in [-0.25, -0.2) is 0 Å². The van der Waals surface area contributed by atoms with Gasteiger partial charge in [-0.3, -0.25) is 14.8 Å². The molecule has 0 saturated carbocycles. The number of nitro benzene ring substituents is 1. The summed E-state index contributed by atoms with van der Waals surface area (Å²) in [5.74, 6) is 0. The maximum atomic E-state index is 10.5. The summed E-state index contributed by atoms with van der Waals surface area (Å²) in [6.45, 7) is 0. The molecule has 0 spiro atoms. The van der Waals surface area contributed by atoms with Gasteiger partial charge in [0.05, 0.1) is 10.4 Å². The third kappa shape index (κ3) is 1.27. The van der Waals surface area contributed by atoms with E-state index in [4.69, 9.17) is 0 Å². The van der Waals surface area contributed by atoms with Gasteiger partial charge in [0, 0.05) is 24.6 Å². The third-order valence-electron chi connectivity index (χ3n) is 2.00. The number of non-ortho nitro benzene ring substituents is 1. The minimum absolute atomic E-state index is 0.0752. The molecular weight excluding hydrogens is 250 g/mol. The number of nitro groups is 1. The van der Waals surface area contributed by atoms with Crippen LogP contribution in [0, 0.1) is 10.1 Å². The number of hydrogen-bond acceptors (Lipinski definition) is 3. The maximum Gasteiger partial charge on any atom is 0.270 e. The van der Waals surface area contributed by atoms with Crippen molar-refractivity contribution in [3.63, 3.8) is 0 Å². The molecule has 1 aromatic heterocycles. The molecule has 0 amide bonds. The standard InChI is InChI=1S/C8H6BrN3O2/c1-11-7-3-2-5(12(13)14)4-6(7)8(9)10-11/h2-4H,1H3. The number of aromatic nitrogens is 2. The number of halogens is 1. The third-order valence-corrected chi connectivity index (χ3v) is 2.59. The van der Waals surface area contributed by atoms with Gasteiger partial charge in [-0.2, -0.15) is 5.10 Å². The van der Waals surface area contributed by atoms with Gasteiger partial charge in [0.2, 0.25) is 0 Å². The largest absolute Gasteiger partial charge is 0.270 e. The summed E-state index contributed by atoms with van der Waals surface area (Å²) in [6, 6.07) is 4.66. The molecule has 0 aliphatic carbocycles. The van der Waals surface area contributed by atoms with E-state index in [1.165, 1.54) is 12.1 Å². The van der Waals surface area contributed by atoms with Crippen molar-refractivity contribution in [2.45, 2.75) is 0 Å². The lowest BCUT2D eigenvalue weighted by Gasteiger charge is -1.93. The first-order valence-electron chi connectivity index (χ1n) is 3.86. The average Bonchev–Trinajstić information content (AvgIpc) is 2.42. The van der Waals surface area contributed by atoms with Crippen molar-refractivity contribution in [3.05, 3.63) is 32.9 Å². The summed E-state index contributed by atoms with van der Waals surface area (Å²) >= 11 is 3.25. The van der Waals surface area contributed by atoms with Crippen LogP contribution in [0.1, 0.15) is 0 Å². The number of benzene rings is 1. The van der Waals surface area contributed by atoms with Crippen LogP contribution in [0.3, 0.4) is 0 Å². The highest BCUT2D eigenvalue weighted by Gasteiger charge is 2.11. The van der Waals surface area contributed by atoms with Crippen molar-refractivity contribution in [2.24, 2.45) is 7.05 Å². The van der Waals surface area contributed by atoms with Crippen molar-refractivity contribution in [2.75, 3.05) is 0 Å². The highest BCUT2D eigenvalue weighted by molar-refractivity contribution is 9.10. The van der Waals surface area contributed by atoms with E-state index in [2.05, 4.69) is 21.0 Å². The van der Waals surface area contributed by atoms with Crippen LogP contribution >= 0.6 is 15.9 Å². The fourth-order valence-corrected chi connectivity index (χ4v) is 1.88. The van der Waals surface area contributed by atoms with Crippen LogP contribution in [0.2, 0.25) is 0 Å². The fraction of sp³-hybridized carbons (Fsp3) is 0.125. The molecule has 0 fully saturated rings. The smallest absolute Gasteiger partial charge is 0.267 e. The Balaban J connectivity index is 2.77. The van der Waals surface area contributed by atoms with Crippen molar-refractivity contribution in [1.82, 2.24) is 9.78 Å². The van der Waals surface area contributed by atoms with Gasteiger partial charge in [-0.15, -0.1) is 0 Å².